The Labute approximate surface area is 126 Å². The zero-order valence-corrected chi connectivity index (χ0v) is 12.9. The van der Waals surface area contributed by atoms with Crippen LogP contribution in [-0.2, 0) is 16.1 Å². The van der Waals surface area contributed by atoms with Gasteiger partial charge in [-0.05, 0) is 36.6 Å². The zero-order valence-electron chi connectivity index (χ0n) is 12.9. The summed E-state index contributed by atoms with van der Waals surface area (Å²) in [6.45, 7) is 7.15. The number of nitrogens with one attached hydrogen (secondary N) is 1. The summed E-state index contributed by atoms with van der Waals surface area (Å²) in [5.41, 5.74) is 9.07. The molecule has 0 spiro atoms. The normalized spacial score (nSPS) is 18.6. The second-order valence-corrected chi connectivity index (χ2v) is 5.39. The van der Waals surface area contributed by atoms with E-state index in [-0.39, 0.29) is 11.9 Å². The van der Waals surface area contributed by atoms with Gasteiger partial charge in [0, 0.05) is 25.3 Å². The van der Waals surface area contributed by atoms with Crippen molar-refractivity contribution in [2.75, 3.05) is 31.2 Å². The van der Waals surface area contributed by atoms with Crippen LogP contribution in [0.4, 0.5) is 5.69 Å². The lowest BCUT2D eigenvalue weighted by Gasteiger charge is -2.36. The Hall–Kier alpha value is -1.59. The second kappa shape index (κ2) is 7.43. The summed E-state index contributed by atoms with van der Waals surface area (Å²) in [5, 5.41) is 2.96. The van der Waals surface area contributed by atoms with Crippen LogP contribution in [0.3, 0.4) is 0 Å². The summed E-state index contributed by atoms with van der Waals surface area (Å²) < 4.78 is 5.49. The number of aryl methyl sites for hydroxylation is 1. The molecule has 3 N–H and O–H groups in total. The number of nitrogens with zero attached hydrogens (tertiary/aromatic N) is 1. The van der Waals surface area contributed by atoms with Crippen LogP contribution in [0.15, 0.2) is 18.2 Å². The lowest BCUT2D eigenvalue weighted by atomic mass is 10.1. The monoisotopic (exact) mass is 291 g/mol. The van der Waals surface area contributed by atoms with Gasteiger partial charge in [-0.3, -0.25) is 4.79 Å². The molecule has 1 saturated heterocycles. The topological polar surface area (TPSA) is 67.6 Å². The molecular weight excluding hydrogens is 266 g/mol. The van der Waals surface area contributed by atoms with Gasteiger partial charge in [-0.25, -0.2) is 0 Å². The molecular formula is C16H25N3O2. The van der Waals surface area contributed by atoms with Crippen LogP contribution in [0.1, 0.15) is 24.5 Å². The van der Waals surface area contributed by atoms with Crippen LogP contribution >= 0.6 is 0 Å². The lowest BCUT2D eigenvalue weighted by molar-refractivity contribution is -0.124. The van der Waals surface area contributed by atoms with Crippen molar-refractivity contribution in [1.82, 2.24) is 5.32 Å². The minimum Gasteiger partial charge on any atom is -0.377 e. The first-order valence-corrected chi connectivity index (χ1v) is 7.59. The van der Waals surface area contributed by atoms with Gasteiger partial charge >= 0.3 is 0 Å². The predicted molar refractivity (Wildman–Crippen MR) is 84.3 cm³/mol. The minimum absolute atomic E-state index is 0.0390. The molecule has 0 saturated carbocycles. The van der Waals surface area contributed by atoms with Crippen LogP contribution in [0.2, 0.25) is 0 Å². The summed E-state index contributed by atoms with van der Waals surface area (Å²) >= 11 is 0. The Morgan fingerprint density at radius 1 is 1.52 bits per heavy atom. The number of morpholine rings is 1. The van der Waals surface area contributed by atoms with Crippen LogP contribution in [0, 0.1) is 6.92 Å². The van der Waals surface area contributed by atoms with Crippen molar-refractivity contribution in [1.29, 1.82) is 0 Å². The van der Waals surface area contributed by atoms with E-state index in [1.54, 1.807) is 0 Å². The number of carbonyl (C=O) groups is 1. The maximum atomic E-state index is 12.3. The van der Waals surface area contributed by atoms with Gasteiger partial charge in [0.25, 0.3) is 0 Å². The first-order chi connectivity index (χ1) is 10.2. The number of amides is 1. The molecule has 1 aromatic carbocycles. The third-order valence-electron chi connectivity index (χ3n) is 3.86. The number of ether oxygens (including phenoxy) is 1. The van der Waals surface area contributed by atoms with E-state index in [4.69, 9.17) is 10.5 Å². The Morgan fingerprint density at radius 3 is 3.00 bits per heavy atom. The fraction of sp³-hybridized carbons (Fsp3) is 0.562. The van der Waals surface area contributed by atoms with Crippen molar-refractivity contribution in [2.45, 2.75) is 32.9 Å². The molecule has 116 valence electrons. The van der Waals surface area contributed by atoms with E-state index < -0.39 is 0 Å². The molecule has 5 heteroatoms. The van der Waals surface area contributed by atoms with Gasteiger partial charge in [0.05, 0.1) is 13.2 Å². The predicted octanol–water partition coefficient (Wildman–Crippen LogP) is 1.19. The largest absolute Gasteiger partial charge is 0.377 e. The van der Waals surface area contributed by atoms with Crippen LogP contribution < -0.4 is 16.0 Å². The zero-order chi connectivity index (χ0) is 15.2. The molecule has 0 bridgehead atoms. The Bertz CT molecular complexity index is 490. The van der Waals surface area contributed by atoms with Crippen LogP contribution in [0.5, 0.6) is 0 Å². The molecule has 0 aliphatic carbocycles. The molecule has 2 rings (SSSR count). The molecule has 1 aliphatic rings. The Morgan fingerprint density at radius 2 is 2.33 bits per heavy atom. The number of hydrogen-bond acceptors (Lipinski definition) is 4. The third-order valence-corrected chi connectivity index (χ3v) is 3.86. The fourth-order valence-corrected chi connectivity index (χ4v) is 2.58. The summed E-state index contributed by atoms with van der Waals surface area (Å²) in [4.78, 5) is 14.4. The molecule has 0 radical (unpaired) electrons. The van der Waals surface area contributed by atoms with Gasteiger partial charge in [-0.1, -0.05) is 13.0 Å². The third kappa shape index (κ3) is 3.74. The van der Waals surface area contributed by atoms with Gasteiger partial charge in [0.2, 0.25) is 5.91 Å². The van der Waals surface area contributed by atoms with Gasteiger partial charge in [0.1, 0.15) is 6.04 Å². The fourth-order valence-electron chi connectivity index (χ4n) is 2.58. The van der Waals surface area contributed by atoms with E-state index >= 15 is 0 Å². The maximum Gasteiger partial charge on any atom is 0.245 e. The van der Waals surface area contributed by atoms with Crippen molar-refractivity contribution in [3.05, 3.63) is 29.3 Å². The first-order valence-electron chi connectivity index (χ1n) is 7.59. The Kier molecular flexibility index (Phi) is 5.59. The van der Waals surface area contributed by atoms with Crippen LogP contribution in [-0.4, -0.2) is 38.3 Å². The summed E-state index contributed by atoms with van der Waals surface area (Å²) in [5.74, 6) is 0.0390. The number of rotatable bonds is 5. The molecule has 1 atom stereocenters. The molecule has 5 nitrogen and oxygen atoms in total. The van der Waals surface area contributed by atoms with E-state index in [1.807, 2.05) is 19.1 Å². The summed E-state index contributed by atoms with van der Waals surface area (Å²) in [6.07, 6.45) is 0.934. The molecule has 1 unspecified atom stereocenters. The van der Waals surface area contributed by atoms with Gasteiger partial charge in [-0.15, -0.1) is 0 Å². The number of nitrogens with two attached hydrogens (primary N) is 1. The first kappa shape index (κ1) is 15.8. The SMILES string of the molecule is CCCNC(=O)C1COCCN1c1ccc(CN)c(C)c1. The van der Waals surface area contributed by atoms with Crippen molar-refractivity contribution in [2.24, 2.45) is 5.73 Å². The van der Waals surface area contributed by atoms with Crippen molar-refractivity contribution in [3.63, 3.8) is 0 Å². The number of benzene rings is 1. The molecule has 1 aliphatic heterocycles. The van der Waals surface area contributed by atoms with Crippen molar-refractivity contribution < 1.29 is 9.53 Å². The summed E-state index contributed by atoms with van der Waals surface area (Å²) in [7, 11) is 0. The van der Waals surface area contributed by atoms with Crippen LogP contribution in [0.25, 0.3) is 0 Å². The van der Waals surface area contributed by atoms with Crippen molar-refractivity contribution in [3.8, 4) is 0 Å². The second-order valence-electron chi connectivity index (χ2n) is 5.39. The molecule has 21 heavy (non-hydrogen) atoms. The Balaban J connectivity index is 2.18. The molecule has 1 heterocycles. The highest BCUT2D eigenvalue weighted by atomic mass is 16.5. The highest BCUT2D eigenvalue weighted by molar-refractivity contribution is 5.85. The van der Waals surface area contributed by atoms with E-state index in [9.17, 15) is 4.79 Å². The highest BCUT2D eigenvalue weighted by Crippen LogP contribution is 2.23. The highest BCUT2D eigenvalue weighted by Gasteiger charge is 2.29. The average Bonchev–Trinajstić information content (AvgIpc) is 2.52. The maximum absolute atomic E-state index is 12.3. The number of carbonyl (C=O) groups excluding carboxylic acids is 1. The molecule has 1 fully saturated rings. The summed E-state index contributed by atoms with van der Waals surface area (Å²) in [6, 6.07) is 5.93. The quantitative estimate of drug-likeness (QED) is 0.855. The van der Waals surface area contributed by atoms with E-state index in [1.165, 1.54) is 0 Å². The van der Waals surface area contributed by atoms with Gasteiger partial charge < -0.3 is 20.7 Å². The van der Waals surface area contributed by atoms with E-state index in [0.29, 0.717) is 26.3 Å². The smallest absolute Gasteiger partial charge is 0.245 e. The van der Waals surface area contributed by atoms with Gasteiger partial charge in [0.15, 0.2) is 0 Å². The average molecular weight is 291 g/mol. The molecule has 1 aromatic rings. The number of hydrogen-bond donors (Lipinski definition) is 2. The molecule has 1 amide bonds. The van der Waals surface area contributed by atoms with E-state index in [2.05, 4.69) is 23.2 Å². The minimum atomic E-state index is -0.256. The lowest BCUT2D eigenvalue weighted by Crippen LogP contribution is -2.54. The number of anilines is 1. The standard InChI is InChI=1S/C16H25N3O2/c1-3-6-18-16(20)15-11-21-8-7-19(15)14-5-4-13(10-17)12(2)9-14/h4-5,9,15H,3,6-8,10-11,17H2,1-2H3,(H,18,20). The van der Waals surface area contributed by atoms with Gasteiger partial charge in [-0.2, -0.15) is 0 Å². The van der Waals surface area contributed by atoms with E-state index in [0.717, 1.165) is 29.8 Å². The van der Waals surface area contributed by atoms with Crippen molar-refractivity contribution >= 4 is 11.6 Å². The molecule has 0 aromatic heterocycles.